The molecule has 7 heteroatoms. The van der Waals surface area contributed by atoms with Crippen LogP contribution in [0.4, 0.5) is 0 Å². The molecule has 0 saturated carbocycles. The molecule has 2 rings (SSSR count). The van der Waals surface area contributed by atoms with Crippen LogP contribution in [0.3, 0.4) is 0 Å². The molecule has 5 nitrogen and oxygen atoms in total. The standard InChI is InChI=1S/C14H16ClN3O2S/c1-4-11-13(21-17-16-11)14(19)18(2)8-9-7-10(15)5-6-12(9)20-3/h5-7H,4,8H2,1-3H3. The highest BCUT2D eigenvalue weighted by Crippen LogP contribution is 2.24. The average Bonchev–Trinajstić information content (AvgIpc) is 2.95. The zero-order valence-corrected chi connectivity index (χ0v) is 13.7. The summed E-state index contributed by atoms with van der Waals surface area (Å²) in [7, 11) is 3.33. The maximum absolute atomic E-state index is 12.5. The van der Waals surface area contributed by atoms with Crippen LogP contribution in [0.15, 0.2) is 18.2 Å². The van der Waals surface area contributed by atoms with Gasteiger partial charge in [0.25, 0.3) is 5.91 Å². The number of halogens is 1. The van der Waals surface area contributed by atoms with Crippen molar-refractivity contribution in [2.75, 3.05) is 14.2 Å². The lowest BCUT2D eigenvalue weighted by molar-refractivity contribution is 0.0787. The Balaban J connectivity index is 2.20. The second-order valence-corrected chi connectivity index (χ2v) is 5.71. The molecule has 0 unspecified atom stereocenters. The fourth-order valence-corrected chi connectivity index (χ4v) is 2.91. The van der Waals surface area contributed by atoms with Crippen LogP contribution in [-0.2, 0) is 13.0 Å². The van der Waals surface area contributed by atoms with E-state index in [1.807, 2.05) is 6.92 Å². The molecule has 1 amide bonds. The summed E-state index contributed by atoms with van der Waals surface area (Å²) < 4.78 is 9.15. The smallest absolute Gasteiger partial charge is 0.267 e. The summed E-state index contributed by atoms with van der Waals surface area (Å²) in [6, 6.07) is 5.35. The minimum absolute atomic E-state index is 0.0936. The Bertz CT molecular complexity index is 645. The summed E-state index contributed by atoms with van der Waals surface area (Å²) in [6.45, 7) is 2.36. The first kappa shape index (κ1) is 15.7. The lowest BCUT2D eigenvalue weighted by Crippen LogP contribution is -2.26. The lowest BCUT2D eigenvalue weighted by atomic mass is 10.2. The van der Waals surface area contributed by atoms with Crippen molar-refractivity contribution in [3.63, 3.8) is 0 Å². The number of carbonyl (C=O) groups is 1. The number of hydrogen-bond donors (Lipinski definition) is 0. The summed E-state index contributed by atoms with van der Waals surface area (Å²) >= 11 is 7.13. The summed E-state index contributed by atoms with van der Waals surface area (Å²) in [5.41, 5.74) is 1.59. The van der Waals surface area contributed by atoms with Gasteiger partial charge >= 0.3 is 0 Å². The topological polar surface area (TPSA) is 55.3 Å². The minimum atomic E-state index is -0.0936. The first-order valence-corrected chi connectivity index (χ1v) is 7.61. The van der Waals surface area contributed by atoms with Crippen LogP contribution in [0.2, 0.25) is 5.02 Å². The number of methoxy groups -OCH3 is 1. The molecule has 1 heterocycles. The molecule has 0 fully saturated rings. The highest BCUT2D eigenvalue weighted by atomic mass is 35.5. The molecule has 112 valence electrons. The average molecular weight is 326 g/mol. The molecule has 0 spiro atoms. The van der Waals surface area contributed by atoms with E-state index < -0.39 is 0 Å². The van der Waals surface area contributed by atoms with Crippen LogP contribution >= 0.6 is 23.1 Å². The van der Waals surface area contributed by atoms with Gasteiger partial charge in [0.1, 0.15) is 10.6 Å². The van der Waals surface area contributed by atoms with E-state index in [-0.39, 0.29) is 5.91 Å². The number of nitrogens with zero attached hydrogens (tertiary/aromatic N) is 3. The molecule has 2 aromatic rings. The normalized spacial score (nSPS) is 10.5. The molecular weight excluding hydrogens is 310 g/mol. The van der Waals surface area contributed by atoms with Gasteiger partial charge in [-0.3, -0.25) is 4.79 Å². The van der Waals surface area contributed by atoms with Crippen LogP contribution in [0, 0.1) is 0 Å². The Kier molecular flexibility index (Phi) is 5.14. The maximum Gasteiger partial charge on any atom is 0.267 e. The van der Waals surface area contributed by atoms with Gasteiger partial charge in [-0.05, 0) is 36.2 Å². The van der Waals surface area contributed by atoms with Crippen molar-refractivity contribution in [1.29, 1.82) is 0 Å². The molecule has 0 radical (unpaired) electrons. The third-order valence-electron chi connectivity index (χ3n) is 3.08. The van der Waals surface area contributed by atoms with Crippen LogP contribution in [0.1, 0.15) is 27.9 Å². The lowest BCUT2D eigenvalue weighted by Gasteiger charge is -2.18. The van der Waals surface area contributed by atoms with Gasteiger partial charge < -0.3 is 9.64 Å². The Morgan fingerprint density at radius 1 is 1.48 bits per heavy atom. The molecule has 0 aliphatic heterocycles. The molecule has 1 aromatic carbocycles. The van der Waals surface area contributed by atoms with Crippen LogP contribution < -0.4 is 4.74 Å². The summed E-state index contributed by atoms with van der Waals surface area (Å²) in [4.78, 5) is 14.7. The highest BCUT2D eigenvalue weighted by Gasteiger charge is 2.20. The number of amides is 1. The van der Waals surface area contributed by atoms with Gasteiger partial charge in [0.15, 0.2) is 0 Å². The van der Waals surface area contributed by atoms with E-state index in [1.165, 1.54) is 0 Å². The number of rotatable bonds is 5. The van der Waals surface area contributed by atoms with E-state index in [0.29, 0.717) is 28.6 Å². The second-order valence-electron chi connectivity index (χ2n) is 4.52. The van der Waals surface area contributed by atoms with Crippen molar-refractivity contribution in [2.24, 2.45) is 0 Å². The largest absolute Gasteiger partial charge is 0.496 e. The number of aryl methyl sites for hydroxylation is 1. The fraction of sp³-hybridized carbons (Fsp3) is 0.357. The summed E-state index contributed by atoms with van der Waals surface area (Å²) in [5, 5.41) is 4.58. The second kappa shape index (κ2) is 6.87. The molecule has 0 bridgehead atoms. The number of ether oxygens (including phenoxy) is 1. The van der Waals surface area contributed by atoms with E-state index in [9.17, 15) is 4.79 Å². The summed E-state index contributed by atoms with van der Waals surface area (Å²) in [5.74, 6) is 0.612. The van der Waals surface area contributed by atoms with Crippen molar-refractivity contribution in [3.05, 3.63) is 39.4 Å². The van der Waals surface area contributed by atoms with Gasteiger partial charge in [-0.25, -0.2) is 0 Å². The first-order chi connectivity index (χ1) is 10.1. The van der Waals surface area contributed by atoms with Crippen molar-refractivity contribution in [3.8, 4) is 5.75 Å². The molecule has 0 atom stereocenters. The Morgan fingerprint density at radius 3 is 2.90 bits per heavy atom. The number of carbonyl (C=O) groups excluding carboxylic acids is 1. The third-order valence-corrected chi connectivity index (χ3v) is 4.07. The van der Waals surface area contributed by atoms with E-state index in [1.54, 1.807) is 37.3 Å². The van der Waals surface area contributed by atoms with Crippen molar-refractivity contribution in [1.82, 2.24) is 14.5 Å². The van der Waals surface area contributed by atoms with E-state index in [0.717, 1.165) is 22.8 Å². The molecule has 0 aliphatic rings. The molecule has 0 aliphatic carbocycles. The van der Waals surface area contributed by atoms with Crippen LogP contribution in [-0.4, -0.2) is 34.6 Å². The van der Waals surface area contributed by atoms with Crippen molar-refractivity contribution < 1.29 is 9.53 Å². The molecule has 0 saturated heterocycles. The molecule has 0 N–H and O–H groups in total. The Labute approximate surface area is 132 Å². The number of aromatic nitrogens is 2. The molecular formula is C14H16ClN3O2S. The van der Waals surface area contributed by atoms with E-state index in [2.05, 4.69) is 9.59 Å². The van der Waals surface area contributed by atoms with Gasteiger partial charge in [0.2, 0.25) is 0 Å². The number of benzene rings is 1. The molecule has 1 aromatic heterocycles. The van der Waals surface area contributed by atoms with Crippen molar-refractivity contribution >= 4 is 29.0 Å². The van der Waals surface area contributed by atoms with Crippen molar-refractivity contribution in [2.45, 2.75) is 19.9 Å². The van der Waals surface area contributed by atoms with E-state index in [4.69, 9.17) is 16.3 Å². The predicted molar refractivity (Wildman–Crippen MR) is 83.1 cm³/mol. The zero-order chi connectivity index (χ0) is 15.4. The predicted octanol–water partition coefficient (Wildman–Crippen LogP) is 3.03. The van der Waals surface area contributed by atoms with E-state index >= 15 is 0 Å². The minimum Gasteiger partial charge on any atom is -0.496 e. The highest BCUT2D eigenvalue weighted by molar-refractivity contribution is 7.07. The SMILES string of the molecule is CCc1nnsc1C(=O)N(C)Cc1cc(Cl)ccc1OC. The van der Waals surface area contributed by atoms with Gasteiger partial charge in [0, 0.05) is 24.2 Å². The van der Waals surface area contributed by atoms with Crippen LogP contribution in [0.5, 0.6) is 5.75 Å². The van der Waals surface area contributed by atoms with Gasteiger partial charge in [-0.1, -0.05) is 23.0 Å². The monoisotopic (exact) mass is 325 g/mol. The number of hydrogen-bond acceptors (Lipinski definition) is 5. The van der Waals surface area contributed by atoms with Gasteiger partial charge in [-0.2, -0.15) is 0 Å². The Hall–Kier alpha value is -1.66. The molecule has 21 heavy (non-hydrogen) atoms. The summed E-state index contributed by atoms with van der Waals surface area (Å²) in [6.07, 6.45) is 0.686. The third kappa shape index (κ3) is 3.51. The van der Waals surface area contributed by atoms with Gasteiger partial charge in [0.05, 0.1) is 12.8 Å². The first-order valence-electron chi connectivity index (χ1n) is 6.46. The van der Waals surface area contributed by atoms with Gasteiger partial charge in [-0.15, -0.1) is 5.10 Å². The zero-order valence-electron chi connectivity index (χ0n) is 12.1. The fourth-order valence-electron chi connectivity index (χ4n) is 1.97. The van der Waals surface area contributed by atoms with Crippen LogP contribution in [0.25, 0.3) is 0 Å². The quantitative estimate of drug-likeness (QED) is 0.848. The Morgan fingerprint density at radius 2 is 2.24 bits per heavy atom. The maximum atomic E-state index is 12.5.